The van der Waals surface area contributed by atoms with Crippen LogP contribution in [0.25, 0.3) is 93.1 Å². The van der Waals surface area contributed by atoms with Gasteiger partial charge in [0.05, 0.1) is 23.5 Å². The molecule has 0 bridgehead atoms. The standard InChI is InChI=1S/C52H48N4S8Si.2W/c1-5-9-13-31(7-3)29-65(30-32(8-4)14-10-6-2)45-27-43(35-19-17-33(47-49(35)55-63-53-47)37-21-23-41(59-37)39-15-11-25-57-39)61-51(45)52-46(65)28-44(62-52)36-20-18-34(48-50(36)56-64-54-48)38-22-24-42(60-38)40-16-12-26-58-40;;/h11-12,15-16,19-28,31-32H,5-10,13-14,29-30H2,1-4H3;;/q-2;;. The zero-order chi connectivity index (χ0) is 44.1. The smallest absolute Gasteiger partial charge is 0.122 e. The number of hydrogen-bond donors (Lipinski definition) is 0. The van der Waals surface area contributed by atoms with Crippen molar-refractivity contribution in [2.45, 2.75) is 91.1 Å². The Labute approximate surface area is 456 Å². The summed E-state index contributed by atoms with van der Waals surface area (Å²) in [6.07, 6.45) is 10.2. The molecule has 1 aliphatic rings. The number of unbranched alkanes of at least 4 members (excludes halogenated alkanes) is 2. The van der Waals surface area contributed by atoms with Gasteiger partial charge in [-0.25, -0.2) is 8.75 Å². The van der Waals surface area contributed by atoms with Crippen molar-refractivity contribution in [3.8, 4) is 71.0 Å². The molecule has 10 aromatic rings. The molecule has 0 amide bonds. The third kappa shape index (κ3) is 9.33. The molecule has 2 atom stereocenters. The van der Waals surface area contributed by atoms with Crippen molar-refractivity contribution in [1.29, 1.82) is 0 Å². The van der Waals surface area contributed by atoms with Crippen LogP contribution in [0.4, 0.5) is 0 Å². The van der Waals surface area contributed by atoms with Gasteiger partial charge in [0.25, 0.3) is 0 Å². The van der Waals surface area contributed by atoms with Gasteiger partial charge in [0, 0.05) is 93.5 Å². The van der Waals surface area contributed by atoms with E-state index in [0.29, 0.717) is 11.8 Å². The molecule has 0 saturated heterocycles. The van der Waals surface area contributed by atoms with Crippen LogP contribution in [0.3, 0.4) is 0 Å². The summed E-state index contributed by atoms with van der Waals surface area (Å²) in [5, 5.41) is 7.65. The molecule has 0 spiro atoms. The van der Waals surface area contributed by atoms with Gasteiger partial charge in [-0.1, -0.05) is 139 Å². The Morgan fingerprint density at radius 1 is 0.507 bits per heavy atom. The first-order valence-corrected chi connectivity index (χ1v) is 31.8. The second-order valence-electron chi connectivity index (χ2n) is 17.4. The van der Waals surface area contributed by atoms with Crippen molar-refractivity contribution in [2.24, 2.45) is 11.8 Å². The molecule has 342 valence electrons. The van der Waals surface area contributed by atoms with E-state index in [-0.39, 0.29) is 42.1 Å². The van der Waals surface area contributed by atoms with Gasteiger partial charge >= 0.3 is 0 Å². The summed E-state index contributed by atoms with van der Waals surface area (Å²) in [6, 6.07) is 37.5. The maximum Gasteiger partial charge on any atom is 0.122 e. The van der Waals surface area contributed by atoms with E-state index in [1.165, 1.54) is 147 Å². The number of rotatable bonds is 18. The van der Waals surface area contributed by atoms with Crippen molar-refractivity contribution in [3.63, 3.8) is 0 Å². The third-order valence-electron chi connectivity index (χ3n) is 13.5. The fraction of sp³-hybridized carbons (Fsp3) is 0.308. The van der Waals surface area contributed by atoms with Gasteiger partial charge in [0.2, 0.25) is 0 Å². The molecule has 0 N–H and O–H groups in total. The first-order chi connectivity index (χ1) is 32.0. The van der Waals surface area contributed by atoms with Crippen LogP contribution in [-0.4, -0.2) is 25.6 Å². The number of benzene rings is 2. The van der Waals surface area contributed by atoms with Gasteiger partial charge in [-0.15, -0.1) is 80.7 Å². The van der Waals surface area contributed by atoms with Gasteiger partial charge in [-0.3, -0.25) is 0 Å². The summed E-state index contributed by atoms with van der Waals surface area (Å²) in [5.41, 5.74) is 8.37. The van der Waals surface area contributed by atoms with Crippen LogP contribution < -0.4 is 10.4 Å². The molecule has 1 aliphatic heterocycles. The molecular formula is C52H48N4S8SiW2-2. The van der Waals surface area contributed by atoms with E-state index in [4.69, 9.17) is 17.5 Å². The van der Waals surface area contributed by atoms with E-state index in [1.807, 2.05) is 45.3 Å². The third-order valence-corrected chi connectivity index (χ3v) is 27.2. The average molecular weight is 1380 g/mol. The van der Waals surface area contributed by atoms with Crippen molar-refractivity contribution in [3.05, 3.63) is 95.7 Å². The van der Waals surface area contributed by atoms with E-state index in [0.717, 1.165) is 33.2 Å². The Balaban J connectivity index is 0.00000281. The zero-order valence-electron chi connectivity index (χ0n) is 37.7. The minimum atomic E-state index is -2.30. The summed E-state index contributed by atoms with van der Waals surface area (Å²) in [5.74, 6) is 1.41. The fourth-order valence-corrected chi connectivity index (χ4v) is 25.3. The predicted molar refractivity (Wildman–Crippen MR) is 293 cm³/mol. The number of thiophene rings is 6. The van der Waals surface area contributed by atoms with E-state index in [2.05, 4.69) is 123 Å². The number of fused-ring (bicyclic) bond motifs is 5. The molecule has 0 saturated carbocycles. The summed E-state index contributed by atoms with van der Waals surface area (Å²) in [4.78, 5) is 13.2. The van der Waals surface area contributed by atoms with Gasteiger partial charge in [-0.2, -0.15) is 31.4 Å². The van der Waals surface area contributed by atoms with Crippen molar-refractivity contribution < 1.29 is 42.1 Å². The molecule has 11 rings (SSSR count). The maximum absolute atomic E-state index is 5.03. The van der Waals surface area contributed by atoms with E-state index in [9.17, 15) is 0 Å². The minimum Gasteiger partial charge on any atom is -0.224 e. The first-order valence-electron chi connectivity index (χ1n) is 22.9. The summed E-state index contributed by atoms with van der Waals surface area (Å²) in [7, 11) is -2.30. The molecule has 15 heteroatoms. The van der Waals surface area contributed by atoms with Gasteiger partial charge in [-0.05, 0) is 76.7 Å². The Morgan fingerprint density at radius 2 is 0.940 bits per heavy atom. The molecule has 0 fully saturated rings. The van der Waals surface area contributed by atoms with E-state index >= 15 is 0 Å². The second kappa shape index (κ2) is 21.7. The van der Waals surface area contributed by atoms with Crippen LogP contribution in [0.15, 0.2) is 83.6 Å². The Kier molecular flexibility index (Phi) is 16.1. The molecule has 2 unspecified atom stereocenters. The van der Waals surface area contributed by atoms with Crippen LogP contribution in [-0.2, 0) is 42.1 Å². The summed E-state index contributed by atoms with van der Waals surface area (Å²) < 4.78 is 19.9. The van der Waals surface area contributed by atoms with Gasteiger partial charge in [0.15, 0.2) is 0 Å². The van der Waals surface area contributed by atoms with Crippen LogP contribution in [0.1, 0.15) is 79.1 Å². The van der Waals surface area contributed by atoms with Gasteiger partial charge in [0.1, 0.15) is 8.07 Å². The normalized spacial score (nSPS) is 13.7. The number of nitrogens with zero attached hydrogens (tertiary/aromatic N) is 4. The average Bonchev–Trinajstić information content (AvgIpc) is 4.16. The van der Waals surface area contributed by atoms with E-state index < -0.39 is 8.07 Å². The minimum absolute atomic E-state index is 0. The molecule has 0 radical (unpaired) electrons. The maximum atomic E-state index is 5.03. The molecule has 0 aliphatic carbocycles. The number of hydrogen-bond acceptors (Lipinski definition) is 12. The fourth-order valence-electron chi connectivity index (χ4n) is 10.1. The van der Waals surface area contributed by atoms with Crippen LogP contribution in [0.5, 0.6) is 0 Å². The van der Waals surface area contributed by atoms with Crippen molar-refractivity contribution >= 4 is 132 Å². The Bertz CT molecular complexity index is 3010. The van der Waals surface area contributed by atoms with Crippen molar-refractivity contribution in [1.82, 2.24) is 17.5 Å². The molecule has 4 nitrogen and oxygen atoms in total. The summed E-state index contributed by atoms with van der Waals surface area (Å²) in [6.45, 7) is 9.61. The predicted octanol–water partition coefficient (Wildman–Crippen LogP) is 17.6. The topological polar surface area (TPSA) is 51.6 Å². The van der Waals surface area contributed by atoms with E-state index in [1.54, 1.807) is 33.0 Å². The Hall–Kier alpha value is -2.13. The molecule has 2 aromatic carbocycles. The molecular weight excluding hydrogens is 1330 g/mol. The first kappa shape index (κ1) is 49.8. The van der Waals surface area contributed by atoms with Crippen LogP contribution >= 0.6 is 91.5 Å². The van der Waals surface area contributed by atoms with Crippen LogP contribution in [0.2, 0.25) is 12.1 Å². The van der Waals surface area contributed by atoms with Gasteiger partial charge < -0.3 is 0 Å². The molecule has 9 heterocycles. The molecule has 8 aromatic heterocycles. The number of aromatic nitrogens is 4. The Morgan fingerprint density at radius 3 is 1.34 bits per heavy atom. The quantitative estimate of drug-likeness (QED) is 0.0635. The van der Waals surface area contributed by atoms with Crippen molar-refractivity contribution in [2.75, 3.05) is 0 Å². The summed E-state index contributed by atoms with van der Waals surface area (Å²) >= 11 is 13.9. The van der Waals surface area contributed by atoms with Crippen LogP contribution in [0, 0.1) is 24.0 Å². The largest absolute Gasteiger partial charge is 0.224 e. The zero-order valence-corrected chi connectivity index (χ0v) is 51.1. The second-order valence-corrected chi connectivity index (χ2v) is 28.7. The molecule has 67 heavy (non-hydrogen) atoms. The SMILES string of the molecule is CCCCC(CC)C[Si]1(CC(CC)CCCC)c2cc(-c3c[c-]c(-c4ccc(-c5cccs5)s4)c4nsnc34)sc2-c2sc(-c3c[c-]c(-c4ccc(-c5cccs5)s4)c4nsnc34)cc21.[W].[W]. The monoisotopic (exact) mass is 1380 g/mol.